The summed E-state index contributed by atoms with van der Waals surface area (Å²) in [7, 11) is 1.49. The fourth-order valence-electron chi connectivity index (χ4n) is 3.28. The van der Waals surface area contributed by atoms with Gasteiger partial charge in [-0.3, -0.25) is 14.5 Å². The summed E-state index contributed by atoms with van der Waals surface area (Å²) in [4.78, 5) is 26.8. The maximum Gasteiger partial charge on any atom is 0.293 e. The van der Waals surface area contributed by atoms with Crippen LogP contribution >= 0.6 is 35.0 Å². The molecule has 174 valence electrons. The maximum absolute atomic E-state index is 14.1. The number of carbonyl (C=O) groups is 2. The Labute approximate surface area is 210 Å². The van der Waals surface area contributed by atoms with Crippen molar-refractivity contribution in [3.05, 3.63) is 98.1 Å². The SMILES string of the molecule is COc1ccc(/C=C2/SC(=O)N(Cc3ccc(Cl)cc3)C2=O)cc1OCc1c(F)cccc1Cl. The van der Waals surface area contributed by atoms with Crippen molar-refractivity contribution < 1.29 is 23.5 Å². The van der Waals surface area contributed by atoms with E-state index in [0.717, 1.165) is 17.3 Å². The van der Waals surface area contributed by atoms with Crippen LogP contribution in [0.15, 0.2) is 65.6 Å². The van der Waals surface area contributed by atoms with Gasteiger partial charge in [0.05, 0.1) is 23.6 Å². The van der Waals surface area contributed by atoms with Crippen LogP contribution < -0.4 is 9.47 Å². The lowest BCUT2D eigenvalue weighted by molar-refractivity contribution is -0.123. The van der Waals surface area contributed by atoms with Gasteiger partial charge in [-0.2, -0.15) is 0 Å². The van der Waals surface area contributed by atoms with E-state index in [1.807, 2.05) is 0 Å². The number of ether oxygens (including phenoxy) is 2. The maximum atomic E-state index is 14.1. The number of carbonyl (C=O) groups excluding carboxylic acids is 2. The summed E-state index contributed by atoms with van der Waals surface area (Å²) in [5.41, 5.74) is 1.63. The van der Waals surface area contributed by atoms with E-state index in [9.17, 15) is 14.0 Å². The molecular weight excluding hydrogens is 500 g/mol. The zero-order valence-corrected chi connectivity index (χ0v) is 20.2. The predicted molar refractivity (Wildman–Crippen MR) is 132 cm³/mol. The zero-order chi connectivity index (χ0) is 24.2. The molecule has 3 aromatic rings. The van der Waals surface area contributed by atoms with Crippen LogP contribution in [0.1, 0.15) is 16.7 Å². The van der Waals surface area contributed by atoms with Gasteiger partial charge in [0.15, 0.2) is 11.5 Å². The first kappa shape index (κ1) is 24.1. The van der Waals surface area contributed by atoms with Crippen LogP contribution in [-0.2, 0) is 17.9 Å². The lowest BCUT2D eigenvalue weighted by Crippen LogP contribution is -2.27. The molecule has 0 radical (unpaired) electrons. The minimum atomic E-state index is -0.475. The predicted octanol–water partition coefficient (Wildman–Crippen LogP) is 6.96. The standard InChI is InChI=1S/C25H18Cl2FNO4S/c1-32-21-10-7-16(11-22(21)33-14-18-19(27)3-2-4-20(18)28)12-23-24(30)29(25(31)34-23)13-15-5-8-17(26)9-6-15/h2-12H,13-14H2,1H3/b23-12+. The van der Waals surface area contributed by atoms with Crippen LogP contribution in [0, 0.1) is 5.82 Å². The van der Waals surface area contributed by atoms with Crippen molar-refractivity contribution >= 4 is 52.2 Å². The Hall–Kier alpha value is -3.00. The summed E-state index contributed by atoms with van der Waals surface area (Å²) in [5, 5.41) is 0.474. The molecule has 4 rings (SSSR count). The highest BCUT2D eigenvalue weighted by atomic mass is 35.5. The molecule has 5 nitrogen and oxygen atoms in total. The molecule has 0 bridgehead atoms. The zero-order valence-electron chi connectivity index (χ0n) is 17.9. The van der Waals surface area contributed by atoms with E-state index in [4.69, 9.17) is 32.7 Å². The molecular formula is C25H18Cl2FNO4S. The molecule has 1 heterocycles. The van der Waals surface area contributed by atoms with Crippen LogP contribution in [0.2, 0.25) is 10.0 Å². The van der Waals surface area contributed by atoms with Gasteiger partial charge in [0, 0.05) is 10.6 Å². The fraction of sp³-hybridized carbons (Fsp3) is 0.120. The van der Waals surface area contributed by atoms with E-state index in [1.54, 1.807) is 54.6 Å². The van der Waals surface area contributed by atoms with Gasteiger partial charge in [-0.15, -0.1) is 0 Å². The van der Waals surface area contributed by atoms with Gasteiger partial charge in [0.1, 0.15) is 12.4 Å². The fourth-order valence-corrected chi connectivity index (χ4v) is 4.46. The Morgan fingerprint density at radius 1 is 1.03 bits per heavy atom. The average molecular weight is 518 g/mol. The van der Waals surface area contributed by atoms with Gasteiger partial charge in [-0.05, 0) is 65.4 Å². The van der Waals surface area contributed by atoms with E-state index in [1.165, 1.54) is 24.1 Å². The second kappa shape index (κ2) is 10.5. The molecule has 0 unspecified atom stereocenters. The number of halogens is 3. The third-order valence-corrected chi connectivity index (χ3v) is 6.56. The van der Waals surface area contributed by atoms with Gasteiger partial charge in [-0.1, -0.05) is 47.5 Å². The van der Waals surface area contributed by atoms with Crippen molar-refractivity contribution in [3.8, 4) is 11.5 Å². The summed E-state index contributed by atoms with van der Waals surface area (Å²) in [5.74, 6) is -0.0882. The van der Waals surface area contributed by atoms with Crippen molar-refractivity contribution in [2.24, 2.45) is 0 Å². The summed E-state index contributed by atoms with van der Waals surface area (Å²) in [6, 6.07) is 16.4. The largest absolute Gasteiger partial charge is 0.493 e. The van der Waals surface area contributed by atoms with Crippen molar-refractivity contribution in [1.29, 1.82) is 0 Å². The minimum absolute atomic E-state index is 0.108. The highest BCUT2D eigenvalue weighted by Crippen LogP contribution is 2.36. The first-order valence-electron chi connectivity index (χ1n) is 10.1. The molecule has 0 aromatic heterocycles. The third-order valence-electron chi connectivity index (χ3n) is 5.05. The van der Waals surface area contributed by atoms with Crippen LogP contribution in [0.5, 0.6) is 11.5 Å². The van der Waals surface area contributed by atoms with Gasteiger partial charge in [-0.25, -0.2) is 4.39 Å². The Bertz CT molecular complexity index is 1260. The number of imide groups is 1. The number of thioether (sulfide) groups is 1. The number of methoxy groups -OCH3 is 1. The lowest BCUT2D eigenvalue weighted by Gasteiger charge is -2.13. The molecule has 0 atom stereocenters. The molecule has 0 N–H and O–H groups in total. The molecule has 9 heteroatoms. The van der Waals surface area contributed by atoms with E-state index in [2.05, 4.69) is 0 Å². The van der Waals surface area contributed by atoms with Crippen LogP contribution in [0.25, 0.3) is 6.08 Å². The molecule has 0 spiro atoms. The van der Waals surface area contributed by atoms with Crippen molar-refractivity contribution in [1.82, 2.24) is 4.90 Å². The third kappa shape index (κ3) is 5.38. The van der Waals surface area contributed by atoms with Crippen molar-refractivity contribution in [2.75, 3.05) is 7.11 Å². The van der Waals surface area contributed by atoms with E-state index in [0.29, 0.717) is 22.1 Å². The molecule has 1 fully saturated rings. The molecule has 1 saturated heterocycles. The van der Waals surface area contributed by atoms with Gasteiger partial charge < -0.3 is 9.47 Å². The Morgan fingerprint density at radius 2 is 1.79 bits per heavy atom. The van der Waals surface area contributed by atoms with Gasteiger partial charge >= 0.3 is 0 Å². The van der Waals surface area contributed by atoms with Crippen LogP contribution in [0.4, 0.5) is 9.18 Å². The number of hydrogen-bond donors (Lipinski definition) is 0. The Morgan fingerprint density at radius 3 is 2.50 bits per heavy atom. The number of hydrogen-bond acceptors (Lipinski definition) is 5. The summed E-state index contributed by atoms with van der Waals surface area (Å²) >= 11 is 12.8. The van der Waals surface area contributed by atoms with Gasteiger partial charge in [0.2, 0.25) is 0 Å². The molecule has 2 amide bonds. The second-order valence-electron chi connectivity index (χ2n) is 7.29. The van der Waals surface area contributed by atoms with Crippen LogP contribution in [-0.4, -0.2) is 23.2 Å². The van der Waals surface area contributed by atoms with E-state index >= 15 is 0 Å². The van der Waals surface area contributed by atoms with Crippen molar-refractivity contribution in [3.63, 3.8) is 0 Å². The Balaban J connectivity index is 1.53. The smallest absolute Gasteiger partial charge is 0.293 e. The molecule has 0 aliphatic carbocycles. The van der Waals surface area contributed by atoms with E-state index < -0.39 is 5.82 Å². The van der Waals surface area contributed by atoms with Gasteiger partial charge in [0.25, 0.3) is 11.1 Å². The molecule has 34 heavy (non-hydrogen) atoms. The normalized spacial score (nSPS) is 14.7. The molecule has 0 saturated carbocycles. The topological polar surface area (TPSA) is 55.8 Å². The first-order chi connectivity index (χ1) is 16.4. The highest BCUT2D eigenvalue weighted by molar-refractivity contribution is 8.18. The molecule has 3 aromatic carbocycles. The average Bonchev–Trinajstić information content (AvgIpc) is 3.07. The second-order valence-corrected chi connectivity index (χ2v) is 9.13. The first-order valence-corrected chi connectivity index (χ1v) is 11.7. The number of amides is 2. The summed E-state index contributed by atoms with van der Waals surface area (Å²) in [6.07, 6.45) is 1.61. The number of benzene rings is 3. The van der Waals surface area contributed by atoms with E-state index in [-0.39, 0.29) is 39.8 Å². The minimum Gasteiger partial charge on any atom is -0.493 e. The summed E-state index contributed by atoms with van der Waals surface area (Å²) in [6.45, 7) is 0.0441. The molecule has 1 aliphatic rings. The summed E-state index contributed by atoms with van der Waals surface area (Å²) < 4.78 is 25.2. The number of rotatable bonds is 7. The Kier molecular flexibility index (Phi) is 7.46. The monoisotopic (exact) mass is 517 g/mol. The quantitative estimate of drug-likeness (QED) is 0.317. The van der Waals surface area contributed by atoms with Crippen molar-refractivity contribution in [2.45, 2.75) is 13.2 Å². The van der Waals surface area contributed by atoms with Crippen LogP contribution in [0.3, 0.4) is 0 Å². The molecule has 1 aliphatic heterocycles. The lowest BCUT2D eigenvalue weighted by atomic mass is 10.1. The number of nitrogens with zero attached hydrogens (tertiary/aromatic N) is 1. The highest BCUT2D eigenvalue weighted by Gasteiger charge is 2.35.